The maximum atomic E-state index is 13.6. The Labute approximate surface area is 266 Å². The van der Waals surface area contributed by atoms with Gasteiger partial charge in [0.05, 0.1) is 18.2 Å². The zero-order chi connectivity index (χ0) is 31.2. The van der Waals surface area contributed by atoms with Crippen LogP contribution in [-0.2, 0) is 22.7 Å². The molecule has 3 aliphatic rings. The predicted molar refractivity (Wildman–Crippen MR) is 174 cm³/mol. The van der Waals surface area contributed by atoms with Gasteiger partial charge in [-0.2, -0.15) is 0 Å². The van der Waals surface area contributed by atoms with Gasteiger partial charge in [-0.15, -0.1) is 11.3 Å². The number of aromatic nitrogens is 1. The summed E-state index contributed by atoms with van der Waals surface area (Å²) >= 11 is 1.78. The quantitative estimate of drug-likeness (QED) is 0.312. The van der Waals surface area contributed by atoms with E-state index in [1.165, 1.54) is 5.56 Å². The number of carboxylic acid groups (broad SMARTS) is 1. The molecule has 1 saturated carbocycles. The fraction of sp³-hybridized carbons (Fsp3) is 0.235. The van der Waals surface area contributed by atoms with Gasteiger partial charge in [0.2, 0.25) is 0 Å². The summed E-state index contributed by atoms with van der Waals surface area (Å²) in [5.41, 5.74) is 4.57. The largest absolute Gasteiger partial charge is 0.497 e. The Morgan fingerprint density at radius 2 is 1.80 bits per heavy atom. The second kappa shape index (κ2) is 11.7. The SMILES string of the molecule is COc1ccc(N2c3ccc(/C=c4/s/c(=C5/SC(=O)N(Cc6ccccc6)C5=O)n(CC(=O)O)c4=O)cc3C3CCCC32)cc1. The van der Waals surface area contributed by atoms with Crippen molar-refractivity contribution in [3.63, 3.8) is 0 Å². The molecule has 1 saturated heterocycles. The van der Waals surface area contributed by atoms with Crippen molar-refractivity contribution < 1.29 is 24.2 Å². The molecule has 2 unspecified atom stereocenters. The number of hydrogen-bond donors (Lipinski definition) is 1. The number of anilines is 2. The first-order valence-electron chi connectivity index (χ1n) is 14.6. The Kier molecular flexibility index (Phi) is 7.58. The first-order valence-corrected chi connectivity index (χ1v) is 16.3. The minimum atomic E-state index is -1.21. The molecule has 1 aliphatic carbocycles. The lowest BCUT2D eigenvalue weighted by Gasteiger charge is -2.27. The number of fused-ring (bicyclic) bond motifs is 3. The van der Waals surface area contributed by atoms with E-state index >= 15 is 0 Å². The smallest absolute Gasteiger partial charge is 0.323 e. The molecular formula is C34H29N3O6S2. The fourth-order valence-electron chi connectivity index (χ4n) is 6.59. The van der Waals surface area contributed by atoms with Crippen molar-refractivity contribution >= 4 is 62.6 Å². The Hall–Kier alpha value is -4.61. The van der Waals surface area contributed by atoms with Gasteiger partial charge in [-0.1, -0.05) is 42.8 Å². The molecular weight excluding hydrogens is 611 g/mol. The van der Waals surface area contributed by atoms with E-state index in [2.05, 4.69) is 29.2 Å². The number of carbonyl (C=O) groups excluding carboxylic acids is 2. The molecule has 2 fully saturated rings. The van der Waals surface area contributed by atoms with Crippen LogP contribution in [0.2, 0.25) is 0 Å². The van der Waals surface area contributed by atoms with Crippen LogP contribution in [0.3, 0.4) is 0 Å². The van der Waals surface area contributed by atoms with Crippen molar-refractivity contribution in [1.29, 1.82) is 0 Å². The molecule has 2 atom stereocenters. The molecule has 1 aromatic heterocycles. The third kappa shape index (κ3) is 5.25. The van der Waals surface area contributed by atoms with Crippen LogP contribution in [0.15, 0.2) is 77.6 Å². The highest BCUT2D eigenvalue weighted by atomic mass is 32.2. The maximum Gasteiger partial charge on any atom is 0.323 e. The lowest BCUT2D eigenvalue weighted by atomic mass is 9.96. The number of methoxy groups -OCH3 is 1. The van der Waals surface area contributed by atoms with Gasteiger partial charge in [-0.25, -0.2) is 0 Å². The van der Waals surface area contributed by atoms with Crippen molar-refractivity contribution in [1.82, 2.24) is 9.47 Å². The van der Waals surface area contributed by atoms with Crippen LogP contribution in [0.25, 0.3) is 11.0 Å². The van der Waals surface area contributed by atoms with E-state index in [1.807, 2.05) is 48.5 Å². The Morgan fingerprint density at radius 1 is 1.02 bits per heavy atom. The first kappa shape index (κ1) is 29.1. The third-order valence-corrected chi connectivity index (χ3v) is 10.8. The highest BCUT2D eigenvalue weighted by Crippen LogP contribution is 2.52. The van der Waals surface area contributed by atoms with Gasteiger partial charge < -0.3 is 14.7 Å². The molecule has 0 radical (unpaired) electrons. The molecule has 7 rings (SSSR count). The number of carbonyl (C=O) groups is 3. The first-order chi connectivity index (χ1) is 21.8. The second-order valence-corrected chi connectivity index (χ2v) is 13.3. The number of amides is 2. The van der Waals surface area contributed by atoms with Crippen LogP contribution >= 0.6 is 23.1 Å². The zero-order valence-electron chi connectivity index (χ0n) is 24.3. The Morgan fingerprint density at radius 3 is 2.53 bits per heavy atom. The highest BCUT2D eigenvalue weighted by molar-refractivity contribution is 8.23. The molecule has 3 heterocycles. The van der Waals surface area contributed by atoms with Crippen LogP contribution in [-0.4, -0.2) is 44.8 Å². The van der Waals surface area contributed by atoms with Crippen LogP contribution in [0.4, 0.5) is 16.2 Å². The molecule has 4 aromatic rings. The number of benzene rings is 3. The van der Waals surface area contributed by atoms with Gasteiger partial charge in [0.1, 0.15) is 21.9 Å². The molecule has 45 heavy (non-hydrogen) atoms. The monoisotopic (exact) mass is 639 g/mol. The summed E-state index contributed by atoms with van der Waals surface area (Å²) in [4.78, 5) is 55.2. The van der Waals surface area contributed by atoms with Gasteiger partial charge in [0, 0.05) is 23.3 Å². The molecule has 9 nitrogen and oxygen atoms in total. The summed E-state index contributed by atoms with van der Waals surface area (Å²) in [6.07, 6.45) is 5.05. The van der Waals surface area contributed by atoms with Crippen LogP contribution < -0.4 is 24.4 Å². The van der Waals surface area contributed by atoms with E-state index in [1.54, 1.807) is 13.2 Å². The predicted octanol–water partition coefficient (Wildman–Crippen LogP) is 4.62. The van der Waals surface area contributed by atoms with Crippen LogP contribution in [0.1, 0.15) is 41.9 Å². The number of carboxylic acids is 1. The summed E-state index contributed by atoms with van der Waals surface area (Å²) in [5, 5.41) is 9.15. The van der Waals surface area contributed by atoms with Gasteiger partial charge in [0.15, 0.2) is 0 Å². The minimum Gasteiger partial charge on any atom is -0.497 e. The average molecular weight is 640 g/mol. The lowest BCUT2D eigenvalue weighted by Crippen LogP contribution is -2.35. The van der Waals surface area contributed by atoms with Crippen LogP contribution in [0, 0.1) is 0 Å². The summed E-state index contributed by atoms with van der Waals surface area (Å²) in [7, 11) is 1.65. The number of thioether (sulfide) groups is 1. The van der Waals surface area contributed by atoms with Crippen molar-refractivity contribution in [2.45, 2.75) is 44.3 Å². The number of ether oxygens (including phenoxy) is 1. The number of nitrogens with zero attached hydrogens (tertiary/aromatic N) is 3. The van der Waals surface area contributed by atoms with Gasteiger partial charge in [-0.05, 0) is 83.8 Å². The number of aliphatic carboxylic acids is 1. The van der Waals surface area contributed by atoms with E-state index in [0.717, 1.165) is 80.1 Å². The molecule has 1 N–H and O–H groups in total. The minimum absolute atomic E-state index is 0.0665. The van der Waals surface area contributed by atoms with Crippen molar-refractivity contribution in [2.24, 2.45) is 0 Å². The lowest BCUT2D eigenvalue weighted by molar-refractivity contribution is -0.137. The van der Waals surface area contributed by atoms with Crippen molar-refractivity contribution in [3.8, 4) is 5.75 Å². The number of thiazole rings is 1. The number of hydrogen-bond acceptors (Lipinski definition) is 8. The second-order valence-electron chi connectivity index (χ2n) is 11.3. The summed E-state index contributed by atoms with van der Waals surface area (Å²) < 4.78 is 6.92. The van der Waals surface area contributed by atoms with E-state index < -0.39 is 29.2 Å². The van der Waals surface area contributed by atoms with E-state index in [-0.39, 0.29) is 16.1 Å². The third-order valence-electron chi connectivity index (χ3n) is 8.60. The molecule has 0 spiro atoms. The topological polar surface area (TPSA) is 109 Å². The zero-order valence-corrected chi connectivity index (χ0v) is 26.0. The highest BCUT2D eigenvalue weighted by Gasteiger charge is 2.42. The molecule has 11 heteroatoms. The standard InChI is InChI=1S/C34H29N3O6S2/c1-43-23-13-11-22(12-14-23)37-26-9-5-8-24(26)25-16-21(10-15-27(25)37)17-28-31(40)35(19-29(38)39)33(44-28)30-32(41)36(34(42)45-30)18-20-6-3-2-4-7-20/h2-4,6-7,10-17,24,26H,5,8-9,18-19H2,1H3,(H,38,39)/b28-17+,33-30+. The Balaban J connectivity index is 1.29. The molecule has 3 aromatic carbocycles. The fourth-order valence-corrected chi connectivity index (χ4v) is 8.71. The average Bonchev–Trinajstić information content (AvgIpc) is 3.78. The van der Waals surface area contributed by atoms with E-state index in [0.29, 0.717) is 16.5 Å². The number of rotatable bonds is 7. The van der Waals surface area contributed by atoms with E-state index in [9.17, 15) is 24.3 Å². The maximum absolute atomic E-state index is 13.6. The summed E-state index contributed by atoms with van der Waals surface area (Å²) in [5.74, 6) is -0.583. The van der Waals surface area contributed by atoms with E-state index in [4.69, 9.17) is 4.74 Å². The van der Waals surface area contributed by atoms with Gasteiger partial charge >= 0.3 is 5.97 Å². The Bertz CT molecular complexity index is 2020. The molecule has 0 bridgehead atoms. The number of imide groups is 1. The van der Waals surface area contributed by atoms with Crippen molar-refractivity contribution in [3.05, 3.63) is 109 Å². The molecule has 228 valence electrons. The molecule has 2 amide bonds. The molecule has 2 aliphatic heterocycles. The summed E-state index contributed by atoms with van der Waals surface area (Å²) in [6, 6.07) is 23.7. The summed E-state index contributed by atoms with van der Waals surface area (Å²) in [6.45, 7) is -0.527. The van der Waals surface area contributed by atoms with Crippen LogP contribution in [0.5, 0.6) is 5.75 Å². The van der Waals surface area contributed by atoms with Crippen molar-refractivity contribution in [2.75, 3.05) is 12.0 Å². The van der Waals surface area contributed by atoms with Gasteiger partial charge in [0.25, 0.3) is 16.7 Å². The van der Waals surface area contributed by atoms with Gasteiger partial charge in [-0.3, -0.25) is 28.6 Å². The normalized spacial score (nSPS) is 20.6.